The molecule has 0 fully saturated rings. The molecule has 0 radical (unpaired) electrons. The third kappa shape index (κ3) is 3.90. The Morgan fingerprint density at radius 1 is 1.28 bits per heavy atom. The fourth-order valence-electron chi connectivity index (χ4n) is 1.61. The summed E-state index contributed by atoms with van der Waals surface area (Å²) < 4.78 is 0. The number of carbonyl (C=O) groups excluding carboxylic acids is 1. The Hall–Kier alpha value is -1.79. The van der Waals surface area contributed by atoms with Gasteiger partial charge in [0.1, 0.15) is 0 Å². The maximum Gasteiger partial charge on any atom is 0.296 e. The highest BCUT2D eigenvalue weighted by Gasteiger charge is 2.26. The van der Waals surface area contributed by atoms with Crippen molar-refractivity contribution in [2.75, 3.05) is 6.61 Å². The van der Waals surface area contributed by atoms with Gasteiger partial charge in [-0.15, -0.1) is 0 Å². The number of nitrogens with one attached hydrogen (secondary N) is 1. The zero-order valence-corrected chi connectivity index (χ0v) is 10.9. The van der Waals surface area contributed by atoms with E-state index in [4.69, 9.17) is 0 Å². The van der Waals surface area contributed by atoms with Crippen LogP contribution in [0.2, 0.25) is 0 Å². The van der Waals surface area contributed by atoms with Gasteiger partial charge in [0.05, 0.1) is 12.1 Å². The third-order valence-corrected chi connectivity index (χ3v) is 3.13. The van der Waals surface area contributed by atoms with Crippen LogP contribution < -0.4 is 5.32 Å². The molecular weight excluding hydrogens is 226 g/mol. The normalized spacial score (nSPS) is 10.4. The van der Waals surface area contributed by atoms with Crippen molar-refractivity contribution in [3.8, 4) is 11.8 Å². The summed E-state index contributed by atoms with van der Waals surface area (Å²) in [6.07, 6.45) is 1.36. The van der Waals surface area contributed by atoms with Crippen molar-refractivity contribution in [3.63, 3.8) is 0 Å². The lowest BCUT2D eigenvalue weighted by Gasteiger charge is -2.29. The first-order chi connectivity index (χ1) is 8.65. The molecule has 1 aromatic carbocycles. The Balaban J connectivity index is 2.70. The molecule has 3 nitrogen and oxygen atoms in total. The van der Waals surface area contributed by atoms with Crippen molar-refractivity contribution in [2.45, 2.75) is 32.2 Å². The number of hydrogen-bond acceptors (Lipinski definition) is 2. The molecule has 0 aromatic heterocycles. The van der Waals surface area contributed by atoms with Crippen molar-refractivity contribution in [1.29, 1.82) is 0 Å². The van der Waals surface area contributed by atoms with Gasteiger partial charge in [0, 0.05) is 11.5 Å². The molecule has 0 saturated heterocycles. The molecule has 1 aromatic rings. The van der Waals surface area contributed by atoms with Crippen LogP contribution >= 0.6 is 0 Å². The number of carbonyl (C=O) groups is 1. The number of aliphatic hydroxyl groups excluding tert-OH is 1. The number of aliphatic hydroxyl groups is 1. The monoisotopic (exact) mass is 245 g/mol. The topological polar surface area (TPSA) is 49.3 Å². The van der Waals surface area contributed by atoms with Crippen LogP contribution in [-0.2, 0) is 4.79 Å². The number of benzene rings is 1. The van der Waals surface area contributed by atoms with Gasteiger partial charge < -0.3 is 10.4 Å². The number of rotatable bonds is 4. The van der Waals surface area contributed by atoms with Crippen molar-refractivity contribution in [2.24, 2.45) is 0 Å². The molecular formula is C15H19NO2. The lowest BCUT2D eigenvalue weighted by molar-refractivity contribution is -0.118. The van der Waals surface area contributed by atoms with Crippen molar-refractivity contribution >= 4 is 5.91 Å². The van der Waals surface area contributed by atoms with Gasteiger partial charge in [-0.1, -0.05) is 38.0 Å². The zero-order valence-electron chi connectivity index (χ0n) is 10.9. The minimum absolute atomic E-state index is 0.0707. The van der Waals surface area contributed by atoms with E-state index in [1.165, 1.54) is 0 Å². The predicted octanol–water partition coefficient (Wildman–Crippen LogP) is 1.71. The van der Waals surface area contributed by atoms with Crippen LogP contribution in [0.5, 0.6) is 0 Å². The Morgan fingerprint density at radius 3 is 2.39 bits per heavy atom. The number of hydrogen-bond donors (Lipinski definition) is 2. The van der Waals surface area contributed by atoms with E-state index in [1.807, 2.05) is 44.2 Å². The molecule has 1 amide bonds. The average Bonchev–Trinajstić information content (AvgIpc) is 2.44. The molecule has 0 unspecified atom stereocenters. The van der Waals surface area contributed by atoms with Crippen LogP contribution in [0.3, 0.4) is 0 Å². The minimum Gasteiger partial charge on any atom is -0.394 e. The Labute approximate surface area is 108 Å². The molecule has 0 aliphatic rings. The third-order valence-electron chi connectivity index (χ3n) is 3.13. The molecule has 0 atom stereocenters. The van der Waals surface area contributed by atoms with E-state index >= 15 is 0 Å². The van der Waals surface area contributed by atoms with E-state index in [0.29, 0.717) is 12.8 Å². The lowest BCUT2D eigenvalue weighted by Crippen LogP contribution is -2.50. The highest BCUT2D eigenvalue weighted by atomic mass is 16.3. The maximum atomic E-state index is 11.7. The molecule has 1 rings (SSSR count). The molecule has 0 spiro atoms. The van der Waals surface area contributed by atoms with Crippen molar-refractivity contribution in [1.82, 2.24) is 5.32 Å². The first-order valence-corrected chi connectivity index (χ1v) is 6.16. The van der Waals surface area contributed by atoms with E-state index < -0.39 is 5.54 Å². The summed E-state index contributed by atoms with van der Waals surface area (Å²) in [5, 5.41) is 12.1. The molecule has 0 aliphatic heterocycles. The average molecular weight is 245 g/mol. The zero-order chi connectivity index (χ0) is 13.4. The smallest absolute Gasteiger partial charge is 0.296 e. The predicted molar refractivity (Wildman–Crippen MR) is 71.9 cm³/mol. The summed E-state index contributed by atoms with van der Waals surface area (Å²) >= 11 is 0. The summed E-state index contributed by atoms with van der Waals surface area (Å²) in [7, 11) is 0. The SMILES string of the molecule is CCC(CC)(CO)NC(=O)C#Cc1ccccc1. The van der Waals surface area contributed by atoms with Crippen LogP contribution in [0.1, 0.15) is 32.3 Å². The summed E-state index contributed by atoms with van der Waals surface area (Å²) in [5.41, 5.74) is 0.248. The molecule has 18 heavy (non-hydrogen) atoms. The molecule has 96 valence electrons. The highest BCUT2D eigenvalue weighted by molar-refractivity contribution is 5.94. The molecule has 0 aliphatic carbocycles. The second-order valence-electron chi connectivity index (χ2n) is 4.22. The lowest BCUT2D eigenvalue weighted by atomic mass is 9.94. The standard InChI is InChI=1S/C15H19NO2/c1-3-15(4-2,12-17)16-14(18)11-10-13-8-6-5-7-9-13/h5-9,17H,3-4,12H2,1-2H3,(H,16,18). The highest BCUT2D eigenvalue weighted by Crippen LogP contribution is 2.13. The van der Waals surface area contributed by atoms with Gasteiger partial charge in [0.25, 0.3) is 5.91 Å². The second-order valence-corrected chi connectivity index (χ2v) is 4.22. The fourth-order valence-corrected chi connectivity index (χ4v) is 1.61. The van der Waals surface area contributed by atoms with Gasteiger partial charge in [-0.3, -0.25) is 4.79 Å². The summed E-state index contributed by atoms with van der Waals surface area (Å²) in [5.74, 6) is 4.99. The van der Waals surface area contributed by atoms with Gasteiger partial charge in [-0.05, 0) is 25.0 Å². The van der Waals surface area contributed by atoms with E-state index in [1.54, 1.807) is 0 Å². The fraction of sp³-hybridized carbons (Fsp3) is 0.400. The van der Waals surface area contributed by atoms with E-state index in [0.717, 1.165) is 5.56 Å². The Morgan fingerprint density at radius 2 is 1.89 bits per heavy atom. The second kappa shape index (κ2) is 6.83. The van der Waals surface area contributed by atoms with Gasteiger partial charge in [0.15, 0.2) is 0 Å². The van der Waals surface area contributed by atoms with Gasteiger partial charge in [-0.2, -0.15) is 0 Å². The first kappa shape index (κ1) is 14.3. The quantitative estimate of drug-likeness (QED) is 0.793. The van der Waals surface area contributed by atoms with Crippen LogP contribution in [0, 0.1) is 11.8 Å². The van der Waals surface area contributed by atoms with Crippen LogP contribution in [0.25, 0.3) is 0 Å². The van der Waals surface area contributed by atoms with Crippen molar-refractivity contribution < 1.29 is 9.90 Å². The molecule has 0 heterocycles. The van der Waals surface area contributed by atoms with Gasteiger partial charge in [0.2, 0.25) is 0 Å². The molecule has 0 bridgehead atoms. The van der Waals surface area contributed by atoms with E-state index in [2.05, 4.69) is 17.2 Å². The Kier molecular flexibility index (Phi) is 5.41. The maximum absolute atomic E-state index is 11.7. The largest absolute Gasteiger partial charge is 0.394 e. The van der Waals surface area contributed by atoms with E-state index in [9.17, 15) is 9.90 Å². The van der Waals surface area contributed by atoms with Crippen LogP contribution in [0.4, 0.5) is 0 Å². The van der Waals surface area contributed by atoms with Gasteiger partial charge >= 0.3 is 0 Å². The molecule has 2 N–H and O–H groups in total. The van der Waals surface area contributed by atoms with Crippen LogP contribution in [0.15, 0.2) is 30.3 Å². The molecule has 3 heteroatoms. The van der Waals surface area contributed by atoms with Crippen molar-refractivity contribution in [3.05, 3.63) is 35.9 Å². The summed E-state index contributed by atoms with van der Waals surface area (Å²) in [6, 6.07) is 9.34. The Bertz CT molecular complexity index is 430. The van der Waals surface area contributed by atoms with Gasteiger partial charge in [-0.25, -0.2) is 0 Å². The summed E-state index contributed by atoms with van der Waals surface area (Å²) in [6.45, 7) is 3.80. The first-order valence-electron chi connectivity index (χ1n) is 6.16. The molecule has 0 saturated carbocycles. The van der Waals surface area contributed by atoms with E-state index in [-0.39, 0.29) is 12.5 Å². The van der Waals surface area contributed by atoms with Crippen LogP contribution in [-0.4, -0.2) is 23.2 Å². The summed E-state index contributed by atoms with van der Waals surface area (Å²) in [4.78, 5) is 11.7. The minimum atomic E-state index is -0.553. The number of amides is 1.